The van der Waals surface area contributed by atoms with Crippen molar-refractivity contribution >= 4 is 0 Å². The molecule has 96 valence electrons. The van der Waals surface area contributed by atoms with Crippen LogP contribution in [0.5, 0.6) is 0 Å². The zero-order valence-electron chi connectivity index (χ0n) is 11.4. The van der Waals surface area contributed by atoms with Crippen LogP contribution in [-0.4, -0.2) is 22.4 Å². The average Bonchev–Trinajstić information content (AvgIpc) is 3.07. The van der Waals surface area contributed by atoms with Crippen molar-refractivity contribution in [2.24, 2.45) is 0 Å². The predicted octanol–water partition coefficient (Wildman–Crippen LogP) is 2.59. The minimum atomic E-state index is 0.833. The van der Waals surface area contributed by atoms with Gasteiger partial charge < -0.3 is 5.32 Å². The molecule has 3 heteroatoms. The molecule has 0 unspecified atom stereocenters. The van der Waals surface area contributed by atoms with Crippen LogP contribution >= 0.6 is 0 Å². The molecule has 0 saturated heterocycles. The maximum absolute atomic E-state index is 4.62. The maximum atomic E-state index is 4.62. The van der Waals surface area contributed by atoms with Crippen LogP contribution < -0.4 is 5.32 Å². The van der Waals surface area contributed by atoms with Crippen molar-refractivity contribution in [1.29, 1.82) is 0 Å². The molecule has 1 aromatic rings. The second-order valence-electron chi connectivity index (χ2n) is 5.20. The van der Waals surface area contributed by atoms with Crippen molar-refractivity contribution in [2.75, 3.05) is 6.54 Å². The molecule has 0 aliphatic heterocycles. The molecule has 0 bridgehead atoms. The van der Waals surface area contributed by atoms with E-state index in [0.29, 0.717) is 0 Å². The van der Waals surface area contributed by atoms with Crippen molar-refractivity contribution in [2.45, 2.75) is 65.5 Å². The third-order valence-corrected chi connectivity index (χ3v) is 3.58. The highest BCUT2D eigenvalue weighted by Crippen LogP contribution is 2.19. The zero-order valence-corrected chi connectivity index (χ0v) is 11.4. The fourth-order valence-electron chi connectivity index (χ4n) is 2.38. The number of rotatable bonds is 7. The first-order valence-corrected chi connectivity index (χ1v) is 6.98. The van der Waals surface area contributed by atoms with Gasteiger partial charge in [-0.05, 0) is 58.1 Å². The number of aromatic nitrogens is 2. The van der Waals surface area contributed by atoms with Gasteiger partial charge in [0.05, 0.1) is 5.69 Å². The lowest BCUT2D eigenvalue weighted by molar-refractivity contribution is 0.582. The first-order chi connectivity index (χ1) is 8.22. The van der Waals surface area contributed by atoms with Gasteiger partial charge >= 0.3 is 0 Å². The summed E-state index contributed by atoms with van der Waals surface area (Å²) in [5.41, 5.74) is 4.06. The lowest BCUT2D eigenvalue weighted by atomic mass is 10.1. The van der Waals surface area contributed by atoms with E-state index in [-0.39, 0.29) is 0 Å². The summed E-state index contributed by atoms with van der Waals surface area (Å²) in [5, 5.41) is 8.19. The summed E-state index contributed by atoms with van der Waals surface area (Å²) in [6, 6.07) is 0.833. The van der Waals surface area contributed by atoms with E-state index >= 15 is 0 Å². The van der Waals surface area contributed by atoms with Crippen LogP contribution in [0.2, 0.25) is 0 Å². The first kappa shape index (κ1) is 12.6. The normalized spacial score (nSPS) is 15.5. The minimum Gasteiger partial charge on any atom is -0.314 e. The Morgan fingerprint density at radius 2 is 2.12 bits per heavy atom. The molecule has 17 heavy (non-hydrogen) atoms. The molecule has 3 nitrogen and oxygen atoms in total. The van der Waals surface area contributed by atoms with Gasteiger partial charge in [0.1, 0.15) is 0 Å². The average molecular weight is 235 g/mol. The van der Waals surface area contributed by atoms with Gasteiger partial charge in [-0.1, -0.05) is 6.92 Å². The molecular formula is C14H25N3. The molecule has 2 rings (SSSR count). The van der Waals surface area contributed by atoms with Crippen molar-refractivity contribution in [1.82, 2.24) is 15.1 Å². The fourth-order valence-corrected chi connectivity index (χ4v) is 2.38. The Kier molecular flexibility index (Phi) is 4.21. The molecule has 1 aromatic heterocycles. The van der Waals surface area contributed by atoms with Gasteiger partial charge in [0.15, 0.2) is 0 Å². The molecule has 1 aliphatic carbocycles. The largest absolute Gasteiger partial charge is 0.314 e. The standard InChI is InChI=1S/C14H25N3/c1-4-10-17-12(3)14(11(2)16-17)6-5-9-15-13-7-8-13/h13,15H,4-10H2,1-3H3. The summed E-state index contributed by atoms with van der Waals surface area (Å²) in [6.07, 6.45) is 6.32. The van der Waals surface area contributed by atoms with E-state index < -0.39 is 0 Å². The Balaban J connectivity index is 1.85. The lowest BCUT2D eigenvalue weighted by Crippen LogP contribution is -2.18. The fraction of sp³-hybridized carbons (Fsp3) is 0.786. The SMILES string of the molecule is CCCn1nc(C)c(CCCNC2CC2)c1C. The number of nitrogens with one attached hydrogen (secondary N) is 1. The molecule has 0 aromatic carbocycles. The highest BCUT2D eigenvalue weighted by molar-refractivity contribution is 5.24. The van der Waals surface area contributed by atoms with Crippen molar-refractivity contribution in [3.63, 3.8) is 0 Å². The third kappa shape index (κ3) is 3.32. The van der Waals surface area contributed by atoms with E-state index in [1.54, 1.807) is 0 Å². The first-order valence-electron chi connectivity index (χ1n) is 6.98. The quantitative estimate of drug-likeness (QED) is 0.736. The topological polar surface area (TPSA) is 29.9 Å². The summed E-state index contributed by atoms with van der Waals surface area (Å²) in [7, 11) is 0. The van der Waals surface area contributed by atoms with Crippen molar-refractivity contribution < 1.29 is 0 Å². The Bertz CT molecular complexity index is 364. The summed E-state index contributed by atoms with van der Waals surface area (Å²) in [4.78, 5) is 0. The van der Waals surface area contributed by atoms with Gasteiger partial charge in [0.2, 0.25) is 0 Å². The molecule has 1 fully saturated rings. The van der Waals surface area contributed by atoms with Crippen LogP contribution in [0.1, 0.15) is 49.6 Å². The molecular weight excluding hydrogens is 210 g/mol. The van der Waals surface area contributed by atoms with Gasteiger partial charge in [-0.25, -0.2) is 0 Å². The van der Waals surface area contributed by atoms with Crippen LogP contribution in [0.4, 0.5) is 0 Å². The Labute approximate surface area is 105 Å². The summed E-state index contributed by atoms with van der Waals surface area (Å²) in [6.45, 7) is 8.76. The van der Waals surface area contributed by atoms with Crippen LogP contribution in [0.15, 0.2) is 0 Å². The minimum absolute atomic E-state index is 0.833. The number of nitrogens with zero attached hydrogens (tertiary/aromatic N) is 2. The predicted molar refractivity (Wildman–Crippen MR) is 71.3 cm³/mol. The second kappa shape index (κ2) is 5.67. The zero-order chi connectivity index (χ0) is 12.3. The Morgan fingerprint density at radius 1 is 1.35 bits per heavy atom. The molecule has 0 amide bonds. The van der Waals surface area contributed by atoms with Crippen LogP contribution in [-0.2, 0) is 13.0 Å². The summed E-state index contributed by atoms with van der Waals surface area (Å²) in [5.74, 6) is 0. The van der Waals surface area contributed by atoms with Gasteiger partial charge in [0, 0.05) is 18.3 Å². The number of hydrogen-bond donors (Lipinski definition) is 1. The summed E-state index contributed by atoms with van der Waals surface area (Å²) < 4.78 is 2.17. The van der Waals surface area contributed by atoms with Gasteiger partial charge in [0.25, 0.3) is 0 Å². The van der Waals surface area contributed by atoms with Crippen LogP contribution in [0.3, 0.4) is 0 Å². The van der Waals surface area contributed by atoms with E-state index in [4.69, 9.17) is 0 Å². The Morgan fingerprint density at radius 3 is 2.76 bits per heavy atom. The van der Waals surface area contributed by atoms with Crippen LogP contribution in [0, 0.1) is 13.8 Å². The number of hydrogen-bond acceptors (Lipinski definition) is 2. The smallest absolute Gasteiger partial charge is 0.0628 e. The molecule has 1 saturated carbocycles. The number of aryl methyl sites for hydroxylation is 2. The van der Waals surface area contributed by atoms with Crippen LogP contribution in [0.25, 0.3) is 0 Å². The highest BCUT2D eigenvalue weighted by atomic mass is 15.3. The van der Waals surface area contributed by atoms with E-state index in [1.165, 1.54) is 42.6 Å². The maximum Gasteiger partial charge on any atom is 0.0628 e. The van der Waals surface area contributed by atoms with Crippen molar-refractivity contribution in [3.05, 3.63) is 17.0 Å². The molecule has 1 aliphatic rings. The van der Waals surface area contributed by atoms with Gasteiger partial charge in [-0.15, -0.1) is 0 Å². The third-order valence-electron chi connectivity index (χ3n) is 3.58. The molecule has 0 spiro atoms. The van der Waals surface area contributed by atoms with E-state index in [1.807, 2.05) is 0 Å². The molecule has 0 atom stereocenters. The van der Waals surface area contributed by atoms with Crippen molar-refractivity contribution in [3.8, 4) is 0 Å². The highest BCUT2D eigenvalue weighted by Gasteiger charge is 2.19. The second-order valence-corrected chi connectivity index (χ2v) is 5.20. The molecule has 1 N–H and O–H groups in total. The van der Waals surface area contributed by atoms with Gasteiger partial charge in [-0.2, -0.15) is 5.10 Å². The molecule has 1 heterocycles. The van der Waals surface area contributed by atoms with E-state index in [2.05, 4.69) is 35.9 Å². The monoisotopic (exact) mass is 235 g/mol. The van der Waals surface area contributed by atoms with Gasteiger partial charge in [-0.3, -0.25) is 4.68 Å². The summed E-state index contributed by atoms with van der Waals surface area (Å²) >= 11 is 0. The van der Waals surface area contributed by atoms with E-state index in [0.717, 1.165) is 25.6 Å². The molecule has 0 radical (unpaired) electrons. The van der Waals surface area contributed by atoms with E-state index in [9.17, 15) is 0 Å². The Hall–Kier alpha value is -0.830. The lowest BCUT2D eigenvalue weighted by Gasteiger charge is -2.05.